The van der Waals surface area contributed by atoms with Crippen LogP contribution in [0, 0.1) is 12.8 Å². The lowest BCUT2D eigenvalue weighted by Gasteiger charge is -2.20. The maximum atomic E-state index is 12.1. The van der Waals surface area contributed by atoms with Crippen LogP contribution in [-0.2, 0) is 0 Å². The van der Waals surface area contributed by atoms with Crippen molar-refractivity contribution in [3.63, 3.8) is 0 Å². The van der Waals surface area contributed by atoms with Gasteiger partial charge in [0, 0.05) is 43.5 Å². The highest BCUT2D eigenvalue weighted by Crippen LogP contribution is 2.28. The van der Waals surface area contributed by atoms with Gasteiger partial charge in [-0.3, -0.25) is 0 Å². The molecule has 1 atom stereocenters. The van der Waals surface area contributed by atoms with Gasteiger partial charge in [0.2, 0.25) is 0 Å². The summed E-state index contributed by atoms with van der Waals surface area (Å²) in [6.07, 6.45) is 2.94. The Balaban J connectivity index is 2.01. The van der Waals surface area contributed by atoms with Crippen molar-refractivity contribution in [2.24, 2.45) is 5.92 Å². The van der Waals surface area contributed by atoms with Crippen molar-refractivity contribution in [2.75, 3.05) is 19.6 Å². The molecule has 0 aromatic carbocycles. The number of imidazole rings is 1. The lowest BCUT2D eigenvalue weighted by molar-refractivity contribution is 0.206. The molecule has 1 aliphatic rings. The molecule has 118 valence electrons. The number of nitrogens with one attached hydrogen (secondary N) is 1. The second kappa shape index (κ2) is 6.50. The standard InChI is InChI=1S/C16H28N4O/c1-11(2)8-18-16(21)19-7-6-14(10-19)15-17-9-13(5)20(15)12(3)4/h9,11-12,14H,6-8,10H2,1-5H3,(H,18,21)/t14-/m0/s1. The number of rotatable bonds is 4. The van der Waals surface area contributed by atoms with Crippen LogP contribution >= 0.6 is 0 Å². The Morgan fingerprint density at radius 3 is 2.76 bits per heavy atom. The summed E-state index contributed by atoms with van der Waals surface area (Å²) < 4.78 is 2.29. The van der Waals surface area contributed by atoms with Crippen LogP contribution in [0.3, 0.4) is 0 Å². The van der Waals surface area contributed by atoms with Gasteiger partial charge in [-0.1, -0.05) is 13.8 Å². The molecule has 2 amide bonds. The average Bonchev–Trinajstić information content (AvgIpc) is 3.01. The third-order valence-corrected chi connectivity index (χ3v) is 4.03. The van der Waals surface area contributed by atoms with Gasteiger partial charge in [0.1, 0.15) is 5.82 Å². The number of urea groups is 1. The molecule has 0 spiro atoms. The van der Waals surface area contributed by atoms with Gasteiger partial charge in [0.15, 0.2) is 0 Å². The maximum absolute atomic E-state index is 12.1. The fraction of sp³-hybridized carbons (Fsp3) is 0.750. The van der Waals surface area contributed by atoms with E-state index in [0.717, 1.165) is 31.9 Å². The molecule has 0 radical (unpaired) electrons. The lowest BCUT2D eigenvalue weighted by Crippen LogP contribution is -2.40. The molecule has 5 nitrogen and oxygen atoms in total. The van der Waals surface area contributed by atoms with E-state index in [9.17, 15) is 4.79 Å². The Bertz CT molecular complexity index is 492. The second-order valence-corrected chi connectivity index (χ2v) is 6.73. The first-order valence-corrected chi connectivity index (χ1v) is 7.96. The van der Waals surface area contributed by atoms with Crippen LogP contribution in [0.4, 0.5) is 4.79 Å². The van der Waals surface area contributed by atoms with Gasteiger partial charge in [-0.25, -0.2) is 9.78 Å². The van der Waals surface area contributed by atoms with E-state index in [1.54, 1.807) is 0 Å². The molecule has 0 saturated carbocycles. The maximum Gasteiger partial charge on any atom is 0.317 e. The minimum atomic E-state index is 0.0607. The van der Waals surface area contributed by atoms with Gasteiger partial charge in [0.25, 0.3) is 0 Å². The summed E-state index contributed by atoms with van der Waals surface area (Å²) in [6, 6.07) is 0.469. The number of aromatic nitrogens is 2. The van der Waals surface area contributed by atoms with Crippen molar-refractivity contribution in [1.82, 2.24) is 19.8 Å². The van der Waals surface area contributed by atoms with Crippen LogP contribution in [0.15, 0.2) is 6.20 Å². The molecular formula is C16H28N4O. The van der Waals surface area contributed by atoms with Crippen LogP contribution in [0.25, 0.3) is 0 Å². The Kier molecular flexibility index (Phi) is 4.91. The van der Waals surface area contributed by atoms with Crippen LogP contribution in [0.2, 0.25) is 0 Å². The van der Waals surface area contributed by atoms with Gasteiger partial charge in [-0.2, -0.15) is 0 Å². The Morgan fingerprint density at radius 1 is 1.43 bits per heavy atom. The van der Waals surface area contributed by atoms with Crippen LogP contribution in [0.1, 0.15) is 57.6 Å². The molecule has 1 saturated heterocycles. The molecule has 0 bridgehead atoms. The monoisotopic (exact) mass is 292 g/mol. The van der Waals surface area contributed by atoms with E-state index in [4.69, 9.17) is 0 Å². The van der Waals surface area contributed by atoms with E-state index in [0.29, 0.717) is 17.9 Å². The van der Waals surface area contributed by atoms with E-state index < -0.39 is 0 Å². The molecular weight excluding hydrogens is 264 g/mol. The van der Waals surface area contributed by atoms with E-state index in [2.05, 4.69) is 49.5 Å². The number of carbonyl (C=O) groups is 1. The number of hydrogen-bond donors (Lipinski definition) is 1. The molecule has 2 rings (SSSR count). The minimum Gasteiger partial charge on any atom is -0.338 e. The topological polar surface area (TPSA) is 50.2 Å². The summed E-state index contributed by atoms with van der Waals surface area (Å²) in [5, 5.41) is 3.00. The first-order valence-electron chi connectivity index (χ1n) is 7.96. The van der Waals surface area contributed by atoms with Crippen LogP contribution < -0.4 is 5.32 Å². The summed E-state index contributed by atoms with van der Waals surface area (Å²) in [5.74, 6) is 1.96. The molecule has 1 aromatic heterocycles. The molecule has 5 heteroatoms. The van der Waals surface area contributed by atoms with Gasteiger partial charge >= 0.3 is 6.03 Å². The van der Waals surface area contributed by atoms with Crippen molar-refractivity contribution in [1.29, 1.82) is 0 Å². The highest BCUT2D eigenvalue weighted by molar-refractivity contribution is 5.74. The van der Waals surface area contributed by atoms with E-state index in [1.807, 2.05) is 11.1 Å². The largest absolute Gasteiger partial charge is 0.338 e. The fourth-order valence-corrected chi connectivity index (χ4v) is 3.00. The van der Waals surface area contributed by atoms with Crippen molar-refractivity contribution >= 4 is 6.03 Å². The van der Waals surface area contributed by atoms with Gasteiger partial charge in [-0.05, 0) is 33.1 Å². The number of nitrogens with zero attached hydrogens (tertiary/aromatic N) is 3. The average molecular weight is 292 g/mol. The van der Waals surface area contributed by atoms with Gasteiger partial charge in [-0.15, -0.1) is 0 Å². The van der Waals surface area contributed by atoms with Gasteiger partial charge in [0.05, 0.1) is 0 Å². The van der Waals surface area contributed by atoms with E-state index in [-0.39, 0.29) is 6.03 Å². The summed E-state index contributed by atoms with van der Waals surface area (Å²) in [7, 11) is 0. The normalized spacial score (nSPS) is 18.8. The number of hydrogen-bond acceptors (Lipinski definition) is 2. The molecule has 1 aliphatic heterocycles. The number of likely N-dealkylation sites (tertiary alicyclic amines) is 1. The smallest absolute Gasteiger partial charge is 0.317 e. The Labute approximate surface area is 127 Å². The summed E-state index contributed by atoms with van der Waals surface area (Å²) >= 11 is 0. The molecule has 0 unspecified atom stereocenters. The zero-order chi connectivity index (χ0) is 15.6. The predicted molar refractivity (Wildman–Crippen MR) is 84.5 cm³/mol. The van der Waals surface area contributed by atoms with Crippen molar-refractivity contribution in [3.05, 3.63) is 17.7 Å². The first kappa shape index (κ1) is 15.9. The molecule has 1 aromatic rings. The molecule has 21 heavy (non-hydrogen) atoms. The lowest BCUT2D eigenvalue weighted by atomic mass is 10.1. The number of carbonyl (C=O) groups excluding carboxylic acids is 1. The zero-order valence-electron chi connectivity index (χ0n) is 13.9. The van der Waals surface area contributed by atoms with Crippen LogP contribution in [0.5, 0.6) is 0 Å². The number of amides is 2. The van der Waals surface area contributed by atoms with E-state index >= 15 is 0 Å². The fourth-order valence-electron chi connectivity index (χ4n) is 3.00. The van der Waals surface area contributed by atoms with Crippen molar-refractivity contribution in [2.45, 2.75) is 53.0 Å². The molecule has 1 fully saturated rings. The quantitative estimate of drug-likeness (QED) is 0.927. The zero-order valence-corrected chi connectivity index (χ0v) is 13.9. The summed E-state index contributed by atoms with van der Waals surface area (Å²) in [6.45, 7) is 13.0. The Hall–Kier alpha value is -1.52. The van der Waals surface area contributed by atoms with E-state index in [1.165, 1.54) is 5.69 Å². The van der Waals surface area contributed by atoms with Crippen LogP contribution in [-0.4, -0.2) is 40.1 Å². The summed E-state index contributed by atoms with van der Waals surface area (Å²) in [4.78, 5) is 18.6. The molecule has 2 heterocycles. The van der Waals surface area contributed by atoms with Crippen molar-refractivity contribution in [3.8, 4) is 0 Å². The second-order valence-electron chi connectivity index (χ2n) is 6.73. The third kappa shape index (κ3) is 3.57. The predicted octanol–water partition coefficient (Wildman–Crippen LogP) is 2.93. The summed E-state index contributed by atoms with van der Waals surface area (Å²) in [5.41, 5.74) is 1.20. The minimum absolute atomic E-state index is 0.0607. The highest BCUT2D eigenvalue weighted by Gasteiger charge is 2.30. The third-order valence-electron chi connectivity index (χ3n) is 4.03. The Morgan fingerprint density at radius 2 is 2.14 bits per heavy atom. The van der Waals surface area contributed by atoms with Crippen molar-refractivity contribution < 1.29 is 4.79 Å². The highest BCUT2D eigenvalue weighted by atomic mass is 16.2. The number of aryl methyl sites for hydroxylation is 1. The SMILES string of the molecule is Cc1cnc([C@H]2CCN(C(=O)NCC(C)C)C2)n1C(C)C. The van der Waals surface area contributed by atoms with Gasteiger partial charge < -0.3 is 14.8 Å². The molecule has 1 N–H and O–H groups in total. The molecule has 0 aliphatic carbocycles. The first-order chi connectivity index (χ1) is 9.90.